The first-order chi connectivity index (χ1) is 9.22. The summed E-state index contributed by atoms with van der Waals surface area (Å²) < 4.78 is 6.09. The van der Waals surface area contributed by atoms with Crippen molar-refractivity contribution >= 4 is 5.69 Å². The Hall–Kier alpha value is -1.26. The van der Waals surface area contributed by atoms with Crippen molar-refractivity contribution in [2.45, 2.75) is 19.1 Å². The van der Waals surface area contributed by atoms with Crippen molar-refractivity contribution in [3.63, 3.8) is 0 Å². The van der Waals surface area contributed by atoms with Gasteiger partial charge in [-0.05, 0) is 26.1 Å². The number of para-hydroxylation sites is 2. The molecule has 1 aromatic rings. The largest absolute Gasteiger partial charge is 0.485 e. The summed E-state index contributed by atoms with van der Waals surface area (Å²) in [5.41, 5.74) is 1.12. The van der Waals surface area contributed by atoms with Crippen molar-refractivity contribution in [3.8, 4) is 5.75 Å². The average molecular weight is 261 g/mol. The fourth-order valence-electron chi connectivity index (χ4n) is 2.97. The third kappa shape index (κ3) is 2.85. The van der Waals surface area contributed by atoms with E-state index in [1.165, 1.54) is 0 Å². The summed E-state index contributed by atoms with van der Waals surface area (Å²) in [5, 5.41) is 3.46. The fourth-order valence-corrected chi connectivity index (χ4v) is 2.97. The molecule has 1 aromatic carbocycles. The Morgan fingerprint density at radius 3 is 3.00 bits per heavy atom. The van der Waals surface area contributed by atoms with Crippen molar-refractivity contribution in [1.82, 2.24) is 9.80 Å². The van der Waals surface area contributed by atoms with Crippen LogP contribution in [0.4, 0.5) is 5.69 Å². The lowest BCUT2D eigenvalue weighted by atomic mass is 10.1. The van der Waals surface area contributed by atoms with Gasteiger partial charge in [0.15, 0.2) is 0 Å². The van der Waals surface area contributed by atoms with Crippen LogP contribution in [-0.4, -0.2) is 61.7 Å². The van der Waals surface area contributed by atoms with Gasteiger partial charge in [0.2, 0.25) is 0 Å². The maximum Gasteiger partial charge on any atom is 0.142 e. The maximum atomic E-state index is 6.09. The number of hydrogen-bond donors (Lipinski definition) is 1. The zero-order chi connectivity index (χ0) is 13.2. The molecule has 0 amide bonds. The van der Waals surface area contributed by atoms with Crippen molar-refractivity contribution in [3.05, 3.63) is 24.3 Å². The van der Waals surface area contributed by atoms with Crippen molar-refractivity contribution in [2.24, 2.45) is 0 Å². The molecule has 2 heterocycles. The van der Waals surface area contributed by atoms with Gasteiger partial charge >= 0.3 is 0 Å². The summed E-state index contributed by atoms with van der Waals surface area (Å²) in [4.78, 5) is 4.94. The third-order valence-electron chi connectivity index (χ3n) is 4.11. The van der Waals surface area contributed by atoms with Gasteiger partial charge in [-0.1, -0.05) is 12.1 Å². The molecule has 0 radical (unpaired) electrons. The second-order valence-corrected chi connectivity index (χ2v) is 5.72. The van der Waals surface area contributed by atoms with Crippen LogP contribution in [0.15, 0.2) is 24.3 Å². The van der Waals surface area contributed by atoms with Crippen LogP contribution in [0, 0.1) is 0 Å². The monoisotopic (exact) mass is 261 g/mol. The highest BCUT2D eigenvalue weighted by molar-refractivity contribution is 5.57. The van der Waals surface area contributed by atoms with E-state index in [1.54, 1.807) is 0 Å². The van der Waals surface area contributed by atoms with E-state index in [0.717, 1.165) is 44.2 Å². The molecule has 19 heavy (non-hydrogen) atoms. The normalized spacial score (nSPS) is 28.3. The molecule has 2 aliphatic heterocycles. The van der Waals surface area contributed by atoms with Gasteiger partial charge in [0.1, 0.15) is 11.9 Å². The van der Waals surface area contributed by atoms with Crippen LogP contribution in [0.2, 0.25) is 0 Å². The van der Waals surface area contributed by atoms with Crippen LogP contribution in [0.1, 0.15) is 6.92 Å². The lowest BCUT2D eigenvalue weighted by Gasteiger charge is -2.40. The Morgan fingerprint density at radius 2 is 2.16 bits per heavy atom. The molecule has 1 fully saturated rings. The number of benzene rings is 1. The molecule has 4 heteroatoms. The summed E-state index contributed by atoms with van der Waals surface area (Å²) in [6, 6.07) is 8.80. The Kier molecular flexibility index (Phi) is 3.62. The minimum absolute atomic E-state index is 0.251. The molecule has 0 aliphatic carbocycles. The number of anilines is 1. The number of ether oxygens (including phenoxy) is 1. The standard InChI is InChI=1S/C15H23N3O/c1-12-10-17(2)7-8-18(12)11-13-9-16-14-5-3-4-6-15(14)19-13/h3-6,12-13,16H,7-11H2,1-2H3. The summed E-state index contributed by atoms with van der Waals surface area (Å²) in [6.07, 6.45) is 0.251. The van der Waals surface area contributed by atoms with Gasteiger partial charge in [0.25, 0.3) is 0 Å². The van der Waals surface area contributed by atoms with E-state index in [9.17, 15) is 0 Å². The highest BCUT2D eigenvalue weighted by atomic mass is 16.5. The van der Waals surface area contributed by atoms with E-state index in [1.807, 2.05) is 18.2 Å². The number of piperazine rings is 1. The summed E-state index contributed by atoms with van der Waals surface area (Å²) in [7, 11) is 2.20. The van der Waals surface area contributed by atoms with E-state index in [4.69, 9.17) is 4.74 Å². The fraction of sp³-hybridized carbons (Fsp3) is 0.600. The van der Waals surface area contributed by atoms with Crippen molar-refractivity contribution < 1.29 is 4.74 Å². The molecule has 2 unspecified atom stereocenters. The number of nitrogens with one attached hydrogen (secondary N) is 1. The van der Waals surface area contributed by atoms with Gasteiger partial charge < -0.3 is 15.0 Å². The molecule has 0 saturated carbocycles. The number of likely N-dealkylation sites (N-methyl/N-ethyl adjacent to an activating group) is 1. The van der Waals surface area contributed by atoms with E-state index in [-0.39, 0.29) is 6.10 Å². The Balaban J connectivity index is 1.60. The molecule has 0 aromatic heterocycles. The van der Waals surface area contributed by atoms with Crippen LogP contribution >= 0.6 is 0 Å². The smallest absolute Gasteiger partial charge is 0.142 e. The predicted octanol–water partition coefficient (Wildman–Crippen LogP) is 1.50. The first kappa shape index (κ1) is 12.8. The summed E-state index contributed by atoms with van der Waals surface area (Å²) in [5.74, 6) is 0.987. The second-order valence-electron chi connectivity index (χ2n) is 5.72. The van der Waals surface area contributed by atoms with E-state index in [2.05, 4.69) is 35.2 Å². The van der Waals surface area contributed by atoms with Gasteiger partial charge in [-0.3, -0.25) is 4.90 Å². The Labute approximate surface area is 115 Å². The molecule has 2 aliphatic rings. The average Bonchev–Trinajstić information content (AvgIpc) is 2.42. The Bertz CT molecular complexity index is 437. The quantitative estimate of drug-likeness (QED) is 0.873. The number of rotatable bonds is 2. The van der Waals surface area contributed by atoms with Gasteiger partial charge in [-0.15, -0.1) is 0 Å². The molecule has 3 rings (SSSR count). The van der Waals surface area contributed by atoms with Crippen LogP contribution in [0.5, 0.6) is 5.75 Å². The molecule has 0 spiro atoms. The second kappa shape index (κ2) is 5.39. The van der Waals surface area contributed by atoms with Gasteiger partial charge in [-0.2, -0.15) is 0 Å². The minimum Gasteiger partial charge on any atom is -0.485 e. The summed E-state index contributed by atoms with van der Waals surface area (Å²) in [6.45, 7) is 7.66. The summed E-state index contributed by atoms with van der Waals surface area (Å²) >= 11 is 0. The van der Waals surface area contributed by atoms with E-state index in [0.29, 0.717) is 6.04 Å². The van der Waals surface area contributed by atoms with Gasteiger partial charge in [-0.25, -0.2) is 0 Å². The SMILES string of the molecule is CC1CN(C)CCN1CC1CNc2ccccc2O1. The minimum atomic E-state index is 0.251. The molecule has 2 atom stereocenters. The molecule has 104 valence electrons. The van der Waals surface area contributed by atoms with Crippen LogP contribution < -0.4 is 10.1 Å². The van der Waals surface area contributed by atoms with Crippen LogP contribution in [0.3, 0.4) is 0 Å². The van der Waals surface area contributed by atoms with Crippen LogP contribution in [-0.2, 0) is 0 Å². The first-order valence-corrected chi connectivity index (χ1v) is 7.14. The number of nitrogens with zero attached hydrogens (tertiary/aromatic N) is 2. The zero-order valence-corrected chi connectivity index (χ0v) is 11.8. The maximum absolute atomic E-state index is 6.09. The highest BCUT2D eigenvalue weighted by Gasteiger charge is 2.26. The molecule has 1 N–H and O–H groups in total. The highest BCUT2D eigenvalue weighted by Crippen LogP contribution is 2.28. The molecule has 4 nitrogen and oxygen atoms in total. The molecule has 0 bridgehead atoms. The van der Waals surface area contributed by atoms with Gasteiger partial charge in [0.05, 0.1) is 12.2 Å². The number of hydrogen-bond acceptors (Lipinski definition) is 4. The third-order valence-corrected chi connectivity index (χ3v) is 4.11. The zero-order valence-electron chi connectivity index (χ0n) is 11.8. The lowest BCUT2D eigenvalue weighted by molar-refractivity contribution is 0.0591. The number of fused-ring (bicyclic) bond motifs is 1. The molecular weight excluding hydrogens is 238 g/mol. The topological polar surface area (TPSA) is 27.7 Å². The van der Waals surface area contributed by atoms with E-state index < -0.39 is 0 Å². The molecule has 1 saturated heterocycles. The lowest BCUT2D eigenvalue weighted by Crippen LogP contribution is -2.54. The predicted molar refractivity (Wildman–Crippen MR) is 77.9 cm³/mol. The first-order valence-electron chi connectivity index (χ1n) is 7.14. The van der Waals surface area contributed by atoms with Crippen molar-refractivity contribution in [2.75, 3.05) is 45.1 Å². The van der Waals surface area contributed by atoms with E-state index >= 15 is 0 Å². The van der Waals surface area contributed by atoms with Crippen LogP contribution in [0.25, 0.3) is 0 Å². The Morgan fingerprint density at radius 1 is 1.32 bits per heavy atom. The molecular formula is C15H23N3O. The van der Waals surface area contributed by atoms with Crippen molar-refractivity contribution in [1.29, 1.82) is 0 Å². The van der Waals surface area contributed by atoms with Gasteiger partial charge in [0, 0.05) is 32.2 Å².